The van der Waals surface area contributed by atoms with Crippen molar-refractivity contribution in [1.29, 1.82) is 0 Å². The maximum atomic E-state index is 12.8. The molecule has 4 nitrogen and oxygen atoms in total. The number of rotatable bonds is 2. The Bertz CT molecular complexity index is 352. The topological polar surface area (TPSA) is 58.4 Å². The molecule has 0 saturated heterocycles. The molecule has 1 aromatic rings. The Labute approximate surface area is 81.5 Å². The minimum Gasteiger partial charge on any atom is -0.396 e. The minimum atomic E-state index is -0.522. The number of hydrogen-bond donors (Lipinski definition) is 2. The minimum absolute atomic E-state index is 0.0311. The third kappa shape index (κ3) is 2.43. The highest BCUT2D eigenvalue weighted by atomic mass is 19.1. The van der Waals surface area contributed by atoms with Crippen molar-refractivity contribution in [1.82, 2.24) is 10.4 Å². The van der Waals surface area contributed by atoms with Crippen LogP contribution in [-0.2, 0) is 0 Å². The van der Waals surface area contributed by atoms with Crippen LogP contribution in [0.1, 0.15) is 10.4 Å². The number of nitrogens with two attached hydrogens (primary N) is 1. The molecule has 0 unspecified atom stereocenters. The summed E-state index contributed by atoms with van der Waals surface area (Å²) in [6, 6.07) is 3.85. The van der Waals surface area contributed by atoms with Gasteiger partial charge in [-0.05, 0) is 18.2 Å². The van der Waals surface area contributed by atoms with Crippen LogP contribution in [0.4, 0.5) is 10.1 Å². The van der Waals surface area contributed by atoms with Gasteiger partial charge in [-0.25, -0.2) is 9.40 Å². The van der Waals surface area contributed by atoms with Crippen LogP contribution < -0.4 is 11.2 Å². The van der Waals surface area contributed by atoms with E-state index in [0.717, 1.165) is 0 Å². The Morgan fingerprint density at radius 1 is 1.50 bits per heavy atom. The molecular formula is C9H12FN3O. The van der Waals surface area contributed by atoms with E-state index in [1.807, 2.05) is 0 Å². The van der Waals surface area contributed by atoms with Crippen molar-refractivity contribution in [2.24, 2.45) is 0 Å². The van der Waals surface area contributed by atoms with Gasteiger partial charge in [-0.3, -0.25) is 10.2 Å². The van der Waals surface area contributed by atoms with E-state index >= 15 is 0 Å². The lowest BCUT2D eigenvalue weighted by atomic mass is 10.2. The highest BCUT2D eigenvalue weighted by molar-refractivity contribution is 5.94. The maximum absolute atomic E-state index is 12.8. The van der Waals surface area contributed by atoms with Crippen molar-refractivity contribution in [3.8, 4) is 0 Å². The van der Waals surface area contributed by atoms with E-state index in [4.69, 9.17) is 5.73 Å². The summed E-state index contributed by atoms with van der Waals surface area (Å²) in [5.74, 6) is -0.840. The summed E-state index contributed by atoms with van der Waals surface area (Å²) in [5, 5.41) is 1.50. The monoisotopic (exact) mass is 197 g/mol. The molecule has 1 aromatic carbocycles. The van der Waals surface area contributed by atoms with Crippen LogP contribution in [0.2, 0.25) is 0 Å². The fraction of sp³-hybridized carbons (Fsp3) is 0.222. The Kier molecular flexibility index (Phi) is 3.03. The molecular weight excluding hydrogens is 185 g/mol. The fourth-order valence-electron chi connectivity index (χ4n) is 0.953. The molecule has 14 heavy (non-hydrogen) atoms. The summed E-state index contributed by atoms with van der Waals surface area (Å²) in [7, 11) is 3.37. The molecule has 76 valence electrons. The normalized spacial score (nSPS) is 10.3. The van der Waals surface area contributed by atoms with E-state index in [9.17, 15) is 9.18 Å². The molecule has 0 spiro atoms. The zero-order valence-corrected chi connectivity index (χ0v) is 8.04. The van der Waals surface area contributed by atoms with Crippen molar-refractivity contribution in [3.63, 3.8) is 0 Å². The van der Waals surface area contributed by atoms with Gasteiger partial charge in [-0.1, -0.05) is 0 Å². The Morgan fingerprint density at radius 3 is 2.64 bits per heavy atom. The number of carbonyl (C=O) groups is 1. The Morgan fingerprint density at radius 2 is 2.14 bits per heavy atom. The molecule has 0 aliphatic carbocycles. The van der Waals surface area contributed by atoms with Crippen LogP contribution in [0.3, 0.4) is 0 Å². The fourth-order valence-corrected chi connectivity index (χ4v) is 0.953. The van der Waals surface area contributed by atoms with Gasteiger partial charge >= 0.3 is 0 Å². The standard InChI is InChI=1S/C9H12FN3O/c1-13(2)12-9(14)6-3-4-7(10)8(11)5-6/h3-5H,11H2,1-2H3,(H,12,14). The molecule has 5 heteroatoms. The second kappa shape index (κ2) is 4.06. The molecule has 0 heterocycles. The zero-order valence-electron chi connectivity index (χ0n) is 8.04. The van der Waals surface area contributed by atoms with E-state index in [0.29, 0.717) is 5.56 Å². The quantitative estimate of drug-likeness (QED) is 0.539. The molecule has 1 amide bonds. The summed E-state index contributed by atoms with van der Waals surface area (Å²) in [5.41, 5.74) is 8.14. The predicted octanol–water partition coefficient (Wildman–Crippen LogP) is 0.614. The van der Waals surface area contributed by atoms with Gasteiger partial charge in [0.25, 0.3) is 5.91 Å². The van der Waals surface area contributed by atoms with Crippen LogP contribution in [0, 0.1) is 5.82 Å². The van der Waals surface area contributed by atoms with Gasteiger partial charge < -0.3 is 5.73 Å². The summed E-state index contributed by atoms with van der Waals surface area (Å²) in [6.07, 6.45) is 0. The summed E-state index contributed by atoms with van der Waals surface area (Å²) in [6.45, 7) is 0. The largest absolute Gasteiger partial charge is 0.396 e. The maximum Gasteiger partial charge on any atom is 0.265 e. The molecule has 3 N–H and O–H groups in total. The highest BCUT2D eigenvalue weighted by Gasteiger charge is 2.07. The van der Waals surface area contributed by atoms with Crippen LogP contribution in [0.25, 0.3) is 0 Å². The molecule has 0 saturated carbocycles. The first kappa shape index (κ1) is 10.5. The molecule has 0 aromatic heterocycles. The lowest BCUT2D eigenvalue weighted by Crippen LogP contribution is -2.36. The van der Waals surface area contributed by atoms with Gasteiger partial charge in [0.05, 0.1) is 5.69 Å². The van der Waals surface area contributed by atoms with Crippen LogP contribution >= 0.6 is 0 Å². The van der Waals surface area contributed by atoms with Gasteiger partial charge in [0, 0.05) is 19.7 Å². The van der Waals surface area contributed by atoms with Gasteiger partial charge in [0.2, 0.25) is 0 Å². The third-order valence-electron chi connectivity index (χ3n) is 1.58. The van der Waals surface area contributed by atoms with Gasteiger partial charge in [0.1, 0.15) is 5.82 Å². The summed E-state index contributed by atoms with van der Waals surface area (Å²) >= 11 is 0. The van der Waals surface area contributed by atoms with Gasteiger partial charge in [0.15, 0.2) is 0 Å². The molecule has 0 aliphatic rings. The smallest absolute Gasteiger partial charge is 0.265 e. The average molecular weight is 197 g/mol. The number of benzene rings is 1. The lowest BCUT2D eigenvalue weighted by molar-refractivity contribution is 0.0857. The molecule has 0 bridgehead atoms. The summed E-state index contributed by atoms with van der Waals surface area (Å²) in [4.78, 5) is 11.4. The highest BCUT2D eigenvalue weighted by Crippen LogP contribution is 2.11. The molecule has 0 fully saturated rings. The van der Waals surface area contributed by atoms with E-state index in [-0.39, 0.29) is 11.6 Å². The number of halogens is 1. The number of nitrogen functional groups attached to an aromatic ring is 1. The Hall–Kier alpha value is -1.62. The average Bonchev–Trinajstić information content (AvgIpc) is 2.08. The number of anilines is 1. The van der Waals surface area contributed by atoms with E-state index < -0.39 is 5.82 Å². The van der Waals surface area contributed by atoms with Crippen molar-refractivity contribution < 1.29 is 9.18 Å². The van der Waals surface area contributed by atoms with Crippen molar-refractivity contribution in [2.45, 2.75) is 0 Å². The second-order valence-electron chi connectivity index (χ2n) is 3.07. The number of nitrogens with zero attached hydrogens (tertiary/aromatic N) is 1. The SMILES string of the molecule is CN(C)NC(=O)c1ccc(F)c(N)c1. The van der Waals surface area contributed by atoms with Crippen molar-refractivity contribution in [2.75, 3.05) is 19.8 Å². The number of hydrogen-bond acceptors (Lipinski definition) is 3. The predicted molar refractivity (Wildman–Crippen MR) is 52.0 cm³/mol. The first-order chi connectivity index (χ1) is 6.50. The van der Waals surface area contributed by atoms with Gasteiger partial charge in [-0.2, -0.15) is 0 Å². The number of carbonyl (C=O) groups excluding carboxylic acids is 1. The van der Waals surface area contributed by atoms with Crippen LogP contribution in [0.15, 0.2) is 18.2 Å². The van der Waals surface area contributed by atoms with Crippen molar-refractivity contribution >= 4 is 11.6 Å². The first-order valence-corrected chi connectivity index (χ1v) is 4.04. The van der Waals surface area contributed by atoms with Crippen molar-refractivity contribution in [3.05, 3.63) is 29.6 Å². The van der Waals surface area contributed by atoms with Gasteiger partial charge in [-0.15, -0.1) is 0 Å². The lowest BCUT2D eigenvalue weighted by Gasteiger charge is -2.11. The number of hydrazine groups is 1. The second-order valence-corrected chi connectivity index (χ2v) is 3.07. The van der Waals surface area contributed by atoms with E-state index in [1.54, 1.807) is 14.1 Å². The van der Waals surface area contributed by atoms with E-state index in [2.05, 4.69) is 5.43 Å². The third-order valence-corrected chi connectivity index (χ3v) is 1.58. The number of amides is 1. The molecule has 0 radical (unpaired) electrons. The van der Waals surface area contributed by atoms with Crippen LogP contribution in [0.5, 0.6) is 0 Å². The van der Waals surface area contributed by atoms with Crippen LogP contribution in [-0.4, -0.2) is 25.0 Å². The molecule has 1 rings (SSSR count). The first-order valence-electron chi connectivity index (χ1n) is 4.04. The molecule has 0 aliphatic heterocycles. The molecule has 0 atom stereocenters. The number of nitrogens with one attached hydrogen (secondary N) is 1. The van der Waals surface area contributed by atoms with E-state index in [1.165, 1.54) is 23.2 Å². The summed E-state index contributed by atoms with van der Waals surface area (Å²) < 4.78 is 12.8. The zero-order chi connectivity index (χ0) is 10.7. The Balaban J connectivity index is 2.86.